The number of ether oxygens (including phenoxy) is 2. The molecule has 120 valence electrons. The highest BCUT2D eigenvalue weighted by atomic mass is 32.2. The van der Waals surface area contributed by atoms with Gasteiger partial charge in [0.25, 0.3) is 0 Å². The van der Waals surface area contributed by atoms with Gasteiger partial charge in [0.05, 0.1) is 6.61 Å². The fourth-order valence-electron chi connectivity index (χ4n) is 1.72. The normalized spacial score (nSPS) is 18.1. The minimum absolute atomic E-state index is 0.0809. The van der Waals surface area contributed by atoms with Crippen LogP contribution in [0, 0.1) is 0 Å². The van der Waals surface area contributed by atoms with Crippen molar-refractivity contribution >= 4 is 24.3 Å². The molecule has 0 N–H and O–H groups in total. The summed E-state index contributed by atoms with van der Waals surface area (Å²) in [5.74, 6) is -0.514. The lowest BCUT2D eigenvalue weighted by atomic mass is 10.2. The van der Waals surface area contributed by atoms with Crippen molar-refractivity contribution in [1.82, 2.24) is 4.31 Å². The first kappa shape index (κ1) is 16.6. The van der Waals surface area contributed by atoms with E-state index in [1.54, 1.807) is 20.8 Å². The van der Waals surface area contributed by atoms with Crippen LogP contribution < -0.4 is 0 Å². The Kier molecular flexibility index (Phi) is 5.31. The summed E-state index contributed by atoms with van der Waals surface area (Å²) in [7, 11) is 0. The Bertz CT molecular complexity index is 528. The van der Waals surface area contributed by atoms with Crippen molar-refractivity contribution in [3.8, 4) is 0 Å². The number of rotatable bonds is 3. The smallest absolute Gasteiger partial charge is 0.423 e. The van der Waals surface area contributed by atoms with Crippen LogP contribution in [-0.4, -0.2) is 34.6 Å². The van der Waals surface area contributed by atoms with Crippen molar-refractivity contribution in [1.29, 1.82) is 0 Å². The molecule has 1 aliphatic rings. The van der Waals surface area contributed by atoms with Crippen molar-refractivity contribution in [3.63, 3.8) is 0 Å². The van der Waals surface area contributed by atoms with E-state index >= 15 is 0 Å². The van der Waals surface area contributed by atoms with E-state index in [1.165, 1.54) is 4.31 Å². The van der Waals surface area contributed by atoms with Gasteiger partial charge in [-0.15, -0.1) is 0 Å². The average molecular weight is 325 g/mol. The molecule has 0 unspecified atom stereocenters. The summed E-state index contributed by atoms with van der Waals surface area (Å²) in [6.45, 7) is 5.51. The summed E-state index contributed by atoms with van der Waals surface area (Å²) in [5, 5.41) is 0. The quantitative estimate of drug-likeness (QED) is 0.484. The summed E-state index contributed by atoms with van der Waals surface area (Å²) in [5.41, 5.74) is 0.241. The van der Waals surface area contributed by atoms with Crippen LogP contribution in [-0.2, 0) is 25.1 Å². The van der Waals surface area contributed by atoms with Gasteiger partial charge in [0.2, 0.25) is 0 Å². The van der Waals surface area contributed by atoms with Gasteiger partial charge in [-0.1, -0.05) is 30.3 Å². The van der Waals surface area contributed by atoms with Crippen molar-refractivity contribution in [2.24, 2.45) is 0 Å². The number of benzene rings is 1. The molecule has 1 aromatic rings. The molecule has 22 heavy (non-hydrogen) atoms. The molecule has 0 radical (unpaired) electrons. The first-order valence-electron chi connectivity index (χ1n) is 6.89. The highest BCUT2D eigenvalue weighted by Gasteiger charge is 2.40. The van der Waals surface area contributed by atoms with Gasteiger partial charge in [-0.3, -0.25) is 4.18 Å². The summed E-state index contributed by atoms with van der Waals surface area (Å²) >= 11 is 0.807. The van der Waals surface area contributed by atoms with Gasteiger partial charge in [-0.25, -0.2) is 13.9 Å². The van der Waals surface area contributed by atoms with Crippen molar-refractivity contribution in [2.45, 2.75) is 39.0 Å². The van der Waals surface area contributed by atoms with Gasteiger partial charge < -0.3 is 9.47 Å². The molecule has 7 heteroatoms. The van der Waals surface area contributed by atoms with Crippen LogP contribution in [0.5, 0.6) is 0 Å². The first-order valence-corrected chi connectivity index (χ1v) is 7.59. The molecule has 1 fully saturated rings. The molecule has 1 amide bonds. The SMILES string of the molecule is CC(C)(C)OC(=O)N1SOC[C@@H]1C(=O)OCc1ccccc1. The predicted octanol–water partition coefficient (Wildman–Crippen LogP) is 2.93. The Morgan fingerprint density at radius 1 is 1.32 bits per heavy atom. The molecule has 0 aromatic heterocycles. The zero-order chi connectivity index (χ0) is 16.2. The van der Waals surface area contributed by atoms with E-state index in [0.717, 1.165) is 17.8 Å². The number of amides is 1. The lowest BCUT2D eigenvalue weighted by molar-refractivity contribution is -0.149. The molecule has 1 atom stereocenters. The molecule has 0 aliphatic carbocycles. The Labute approximate surface area is 134 Å². The van der Waals surface area contributed by atoms with Crippen molar-refractivity contribution in [3.05, 3.63) is 35.9 Å². The summed E-state index contributed by atoms with van der Waals surface area (Å²) < 4.78 is 16.8. The molecular formula is C15H19NO5S. The number of hydrogen-bond acceptors (Lipinski definition) is 6. The van der Waals surface area contributed by atoms with Gasteiger partial charge in [-0.05, 0) is 26.3 Å². The second-order valence-corrected chi connectivity index (χ2v) is 6.55. The molecule has 0 spiro atoms. The Hall–Kier alpha value is -1.73. The third kappa shape index (κ3) is 4.64. The number of nitrogens with zero attached hydrogens (tertiary/aromatic N) is 1. The van der Waals surface area contributed by atoms with Crippen LogP contribution in [0.15, 0.2) is 30.3 Å². The molecule has 1 saturated heterocycles. The Morgan fingerprint density at radius 2 is 2.00 bits per heavy atom. The van der Waals surface area contributed by atoms with Gasteiger partial charge in [0, 0.05) is 0 Å². The van der Waals surface area contributed by atoms with E-state index in [1.807, 2.05) is 30.3 Å². The predicted molar refractivity (Wildman–Crippen MR) is 81.6 cm³/mol. The van der Waals surface area contributed by atoms with Crippen LogP contribution in [0.2, 0.25) is 0 Å². The number of carbonyl (C=O) groups is 2. The largest absolute Gasteiger partial charge is 0.459 e. The maximum atomic E-state index is 12.1. The lowest BCUT2D eigenvalue weighted by Gasteiger charge is -2.25. The van der Waals surface area contributed by atoms with Gasteiger partial charge in [0.1, 0.15) is 24.4 Å². The maximum Gasteiger partial charge on any atom is 0.423 e. The van der Waals surface area contributed by atoms with Gasteiger partial charge >= 0.3 is 12.1 Å². The monoisotopic (exact) mass is 325 g/mol. The molecule has 1 heterocycles. The summed E-state index contributed by atoms with van der Waals surface area (Å²) in [6.07, 6.45) is -0.614. The van der Waals surface area contributed by atoms with Crippen molar-refractivity contribution < 1.29 is 23.2 Å². The standard InChI is InChI=1S/C15H19NO5S/c1-15(2,3)21-14(18)16-12(10-20-22-16)13(17)19-9-11-7-5-4-6-8-11/h4-8,12H,9-10H2,1-3H3/t12-/m1/s1. The van der Waals surface area contributed by atoms with Crippen LogP contribution in [0.4, 0.5) is 4.79 Å². The van der Waals surface area contributed by atoms with E-state index < -0.39 is 23.7 Å². The molecule has 1 aliphatic heterocycles. The van der Waals surface area contributed by atoms with Crippen LogP contribution >= 0.6 is 12.2 Å². The van der Waals surface area contributed by atoms with E-state index in [2.05, 4.69) is 0 Å². The maximum absolute atomic E-state index is 12.1. The number of carbonyl (C=O) groups excluding carboxylic acids is 2. The topological polar surface area (TPSA) is 65.1 Å². The van der Waals surface area contributed by atoms with E-state index in [0.29, 0.717) is 0 Å². The minimum atomic E-state index is -0.802. The highest BCUT2D eigenvalue weighted by Crippen LogP contribution is 2.28. The van der Waals surface area contributed by atoms with Crippen LogP contribution in [0.25, 0.3) is 0 Å². The highest BCUT2D eigenvalue weighted by molar-refractivity contribution is 7.93. The number of esters is 1. The summed E-state index contributed by atoms with van der Waals surface area (Å²) in [6, 6.07) is 8.54. The molecule has 0 bridgehead atoms. The van der Waals surface area contributed by atoms with Gasteiger partial charge in [-0.2, -0.15) is 0 Å². The summed E-state index contributed by atoms with van der Waals surface area (Å²) in [4.78, 5) is 24.2. The molecule has 1 aromatic carbocycles. The fraction of sp³-hybridized carbons (Fsp3) is 0.467. The van der Waals surface area contributed by atoms with Gasteiger partial charge in [0.15, 0.2) is 6.04 Å². The third-order valence-corrected chi connectivity index (χ3v) is 3.52. The third-order valence-electron chi connectivity index (χ3n) is 2.71. The zero-order valence-electron chi connectivity index (χ0n) is 12.8. The van der Waals surface area contributed by atoms with Crippen LogP contribution in [0.3, 0.4) is 0 Å². The van der Waals surface area contributed by atoms with E-state index in [4.69, 9.17) is 13.7 Å². The van der Waals surface area contributed by atoms with Crippen LogP contribution in [0.1, 0.15) is 26.3 Å². The average Bonchev–Trinajstić information content (AvgIpc) is 2.93. The van der Waals surface area contributed by atoms with Crippen molar-refractivity contribution in [2.75, 3.05) is 6.61 Å². The zero-order valence-corrected chi connectivity index (χ0v) is 13.6. The molecule has 0 saturated carbocycles. The fourth-order valence-corrected chi connectivity index (χ4v) is 2.38. The van der Waals surface area contributed by atoms with E-state index in [9.17, 15) is 9.59 Å². The molecule has 6 nitrogen and oxygen atoms in total. The lowest BCUT2D eigenvalue weighted by Crippen LogP contribution is -2.42. The molecular weight excluding hydrogens is 306 g/mol. The minimum Gasteiger partial charge on any atom is -0.459 e. The molecule has 2 rings (SSSR count). The number of hydrogen-bond donors (Lipinski definition) is 0. The van der Waals surface area contributed by atoms with E-state index in [-0.39, 0.29) is 13.2 Å². The first-order chi connectivity index (χ1) is 10.4. The second-order valence-electron chi connectivity index (χ2n) is 5.77. The Morgan fingerprint density at radius 3 is 2.64 bits per heavy atom. The second kappa shape index (κ2) is 7.02. The Balaban J connectivity index is 1.92.